The summed E-state index contributed by atoms with van der Waals surface area (Å²) < 4.78 is 4.75. The Morgan fingerprint density at radius 3 is 2.64 bits per heavy atom. The number of likely N-dealkylation sites (N-methyl/N-ethyl adjacent to an activating group) is 1. The molecule has 1 aliphatic rings. The highest BCUT2D eigenvalue weighted by Crippen LogP contribution is 2.12. The Kier molecular flexibility index (Phi) is 3.89. The first-order valence-corrected chi connectivity index (χ1v) is 5.08. The summed E-state index contributed by atoms with van der Waals surface area (Å²) in [6.07, 6.45) is 0. The maximum Gasteiger partial charge on any atom is 0.322 e. The Bertz CT molecular complexity index is 208. The van der Waals surface area contributed by atoms with Gasteiger partial charge in [-0.15, -0.1) is 0 Å². The molecule has 14 heavy (non-hydrogen) atoms. The lowest BCUT2D eigenvalue weighted by Crippen LogP contribution is -2.55. The van der Waals surface area contributed by atoms with E-state index in [-0.39, 0.29) is 12.0 Å². The van der Waals surface area contributed by atoms with Crippen molar-refractivity contribution in [1.82, 2.24) is 9.80 Å². The molecular weight excluding hydrogens is 180 g/mol. The van der Waals surface area contributed by atoms with E-state index in [1.54, 1.807) is 0 Å². The fourth-order valence-corrected chi connectivity index (χ4v) is 2.04. The first-order valence-electron chi connectivity index (χ1n) is 5.08. The van der Waals surface area contributed by atoms with Crippen molar-refractivity contribution in [3.8, 4) is 0 Å². The molecule has 1 aliphatic heterocycles. The second kappa shape index (κ2) is 4.75. The molecule has 1 heterocycles. The van der Waals surface area contributed by atoms with Crippen LogP contribution in [-0.2, 0) is 9.53 Å². The SMILES string of the molecule is COC(=O)C(C)N1CCN(C)C[C@@H]1C. The number of hydrogen-bond donors (Lipinski definition) is 0. The van der Waals surface area contributed by atoms with Gasteiger partial charge in [0.15, 0.2) is 0 Å². The van der Waals surface area contributed by atoms with Crippen molar-refractivity contribution in [1.29, 1.82) is 0 Å². The van der Waals surface area contributed by atoms with E-state index in [0.717, 1.165) is 19.6 Å². The van der Waals surface area contributed by atoms with Gasteiger partial charge in [0.1, 0.15) is 6.04 Å². The van der Waals surface area contributed by atoms with Gasteiger partial charge in [-0.25, -0.2) is 0 Å². The first-order chi connectivity index (χ1) is 6.56. The van der Waals surface area contributed by atoms with Gasteiger partial charge in [0.05, 0.1) is 7.11 Å². The topological polar surface area (TPSA) is 32.8 Å². The van der Waals surface area contributed by atoms with E-state index in [0.29, 0.717) is 6.04 Å². The van der Waals surface area contributed by atoms with Gasteiger partial charge < -0.3 is 9.64 Å². The minimum absolute atomic E-state index is 0.122. The second-order valence-corrected chi connectivity index (χ2v) is 4.05. The molecule has 0 spiro atoms. The van der Waals surface area contributed by atoms with Gasteiger partial charge in [-0.05, 0) is 20.9 Å². The smallest absolute Gasteiger partial charge is 0.322 e. The van der Waals surface area contributed by atoms with E-state index in [4.69, 9.17) is 4.74 Å². The normalized spacial score (nSPS) is 27.3. The summed E-state index contributed by atoms with van der Waals surface area (Å²) in [5.74, 6) is -0.138. The third kappa shape index (κ3) is 2.45. The van der Waals surface area contributed by atoms with Crippen molar-refractivity contribution in [2.24, 2.45) is 0 Å². The lowest BCUT2D eigenvalue weighted by molar-refractivity contribution is -0.148. The van der Waals surface area contributed by atoms with Crippen LogP contribution in [0.2, 0.25) is 0 Å². The zero-order valence-corrected chi connectivity index (χ0v) is 9.49. The quantitative estimate of drug-likeness (QED) is 0.595. The molecule has 0 aromatic carbocycles. The first kappa shape index (κ1) is 11.5. The molecule has 4 heteroatoms. The third-order valence-electron chi connectivity index (χ3n) is 2.92. The number of hydrogen-bond acceptors (Lipinski definition) is 4. The highest BCUT2D eigenvalue weighted by Gasteiger charge is 2.29. The zero-order valence-electron chi connectivity index (χ0n) is 9.49. The number of methoxy groups -OCH3 is 1. The van der Waals surface area contributed by atoms with Crippen LogP contribution < -0.4 is 0 Å². The van der Waals surface area contributed by atoms with Crippen molar-refractivity contribution in [2.75, 3.05) is 33.8 Å². The lowest BCUT2D eigenvalue weighted by Gasteiger charge is -2.40. The molecule has 0 aromatic rings. The minimum Gasteiger partial charge on any atom is -0.468 e. The van der Waals surface area contributed by atoms with Crippen molar-refractivity contribution in [3.63, 3.8) is 0 Å². The van der Waals surface area contributed by atoms with Crippen LogP contribution in [0.3, 0.4) is 0 Å². The van der Waals surface area contributed by atoms with Gasteiger partial charge in [-0.2, -0.15) is 0 Å². The second-order valence-electron chi connectivity index (χ2n) is 4.05. The molecule has 1 fully saturated rings. The number of ether oxygens (including phenoxy) is 1. The lowest BCUT2D eigenvalue weighted by atomic mass is 10.1. The maximum atomic E-state index is 11.4. The van der Waals surface area contributed by atoms with E-state index >= 15 is 0 Å². The standard InChI is InChI=1S/C10H20N2O2/c1-8-7-11(3)5-6-12(8)9(2)10(13)14-4/h8-9H,5-7H2,1-4H3/t8-,9?/m0/s1. The summed E-state index contributed by atoms with van der Waals surface area (Å²) in [7, 11) is 3.55. The van der Waals surface area contributed by atoms with Crippen molar-refractivity contribution < 1.29 is 9.53 Å². The van der Waals surface area contributed by atoms with Crippen LogP contribution in [-0.4, -0.2) is 61.6 Å². The predicted octanol–water partition coefficient (Wildman–Crippen LogP) is 0.184. The largest absolute Gasteiger partial charge is 0.468 e. The highest BCUT2D eigenvalue weighted by atomic mass is 16.5. The molecule has 0 bridgehead atoms. The molecule has 82 valence electrons. The molecule has 0 N–H and O–H groups in total. The summed E-state index contributed by atoms with van der Waals surface area (Å²) in [5.41, 5.74) is 0. The van der Waals surface area contributed by atoms with Crippen LogP contribution in [0.15, 0.2) is 0 Å². The van der Waals surface area contributed by atoms with Crippen LogP contribution in [0.4, 0.5) is 0 Å². The Hall–Kier alpha value is -0.610. The molecule has 0 amide bonds. The van der Waals surface area contributed by atoms with E-state index in [2.05, 4.69) is 23.8 Å². The monoisotopic (exact) mass is 200 g/mol. The Balaban J connectivity index is 2.55. The van der Waals surface area contributed by atoms with Crippen molar-refractivity contribution >= 4 is 5.97 Å². The summed E-state index contributed by atoms with van der Waals surface area (Å²) >= 11 is 0. The van der Waals surface area contributed by atoms with Gasteiger partial charge in [0.25, 0.3) is 0 Å². The molecule has 1 unspecified atom stereocenters. The number of carbonyl (C=O) groups excluding carboxylic acids is 1. The Morgan fingerprint density at radius 2 is 2.14 bits per heavy atom. The van der Waals surface area contributed by atoms with Gasteiger partial charge in [-0.1, -0.05) is 0 Å². The van der Waals surface area contributed by atoms with E-state index in [1.807, 2.05) is 6.92 Å². The number of nitrogens with zero attached hydrogens (tertiary/aromatic N) is 2. The van der Waals surface area contributed by atoms with E-state index < -0.39 is 0 Å². The molecule has 1 saturated heterocycles. The average molecular weight is 200 g/mol. The minimum atomic E-state index is -0.138. The van der Waals surface area contributed by atoms with Gasteiger partial charge in [0, 0.05) is 25.7 Å². The summed E-state index contributed by atoms with van der Waals surface area (Å²) in [6, 6.07) is 0.298. The van der Waals surface area contributed by atoms with Crippen LogP contribution >= 0.6 is 0 Å². The van der Waals surface area contributed by atoms with Crippen molar-refractivity contribution in [3.05, 3.63) is 0 Å². The molecule has 0 saturated carbocycles. The number of rotatable bonds is 2. The van der Waals surface area contributed by atoms with Crippen LogP contribution in [0, 0.1) is 0 Å². The predicted molar refractivity (Wildman–Crippen MR) is 55.1 cm³/mol. The molecule has 2 atom stereocenters. The molecular formula is C10H20N2O2. The number of esters is 1. The molecule has 1 rings (SSSR count). The maximum absolute atomic E-state index is 11.4. The van der Waals surface area contributed by atoms with Crippen molar-refractivity contribution in [2.45, 2.75) is 25.9 Å². The molecule has 0 radical (unpaired) electrons. The third-order valence-corrected chi connectivity index (χ3v) is 2.92. The van der Waals surface area contributed by atoms with Crippen LogP contribution in [0.25, 0.3) is 0 Å². The van der Waals surface area contributed by atoms with Crippen LogP contribution in [0.5, 0.6) is 0 Å². The highest BCUT2D eigenvalue weighted by molar-refractivity contribution is 5.75. The summed E-state index contributed by atoms with van der Waals surface area (Å²) in [6.45, 7) is 7.03. The van der Waals surface area contributed by atoms with E-state index in [1.165, 1.54) is 7.11 Å². The number of carbonyl (C=O) groups is 1. The summed E-state index contributed by atoms with van der Waals surface area (Å²) in [5, 5.41) is 0. The summed E-state index contributed by atoms with van der Waals surface area (Å²) in [4.78, 5) is 15.8. The molecule has 4 nitrogen and oxygen atoms in total. The van der Waals surface area contributed by atoms with E-state index in [9.17, 15) is 4.79 Å². The number of piperazine rings is 1. The molecule has 0 aliphatic carbocycles. The molecule has 0 aromatic heterocycles. The average Bonchev–Trinajstić information content (AvgIpc) is 2.15. The van der Waals surface area contributed by atoms with Gasteiger partial charge >= 0.3 is 5.97 Å². The zero-order chi connectivity index (χ0) is 10.7. The van der Waals surface area contributed by atoms with Crippen LogP contribution in [0.1, 0.15) is 13.8 Å². The fraction of sp³-hybridized carbons (Fsp3) is 0.900. The van der Waals surface area contributed by atoms with Gasteiger partial charge in [0.2, 0.25) is 0 Å². The Morgan fingerprint density at radius 1 is 1.50 bits per heavy atom. The fourth-order valence-electron chi connectivity index (χ4n) is 2.04. The Labute approximate surface area is 85.8 Å². The van der Waals surface area contributed by atoms with Gasteiger partial charge in [-0.3, -0.25) is 9.69 Å².